The molecule has 1 N–H and O–H groups in total. The zero-order valence-corrected chi connectivity index (χ0v) is 13.9. The van der Waals surface area contributed by atoms with Gasteiger partial charge in [0.05, 0.1) is 0 Å². The average Bonchev–Trinajstić information content (AvgIpc) is 2.42. The van der Waals surface area contributed by atoms with E-state index in [1.54, 1.807) is 12.1 Å². The lowest BCUT2D eigenvalue weighted by molar-refractivity contribution is 0.0917. The number of nitrogens with zero attached hydrogens (tertiary/aromatic N) is 1. The van der Waals surface area contributed by atoms with Gasteiger partial charge in [0.1, 0.15) is 5.82 Å². The molecule has 114 valence electrons. The molecule has 0 amide bonds. The van der Waals surface area contributed by atoms with Crippen LogP contribution in [0.3, 0.4) is 0 Å². The third kappa shape index (κ3) is 3.51. The van der Waals surface area contributed by atoms with Crippen LogP contribution >= 0.6 is 11.6 Å². The Bertz CT molecular complexity index is 430. The van der Waals surface area contributed by atoms with E-state index in [-0.39, 0.29) is 17.4 Å². The molecule has 0 aliphatic heterocycles. The van der Waals surface area contributed by atoms with Crippen LogP contribution in [0, 0.1) is 5.82 Å². The van der Waals surface area contributed by atoms with Gasteiger partial charge in [0, 0.05) is 16.6 Å². The Morgan fingerprint density at radius 2 is 1.90 bits per heavy atom. The molecule has 0 aromatic heterocycles. The maximum absolute atomic E-state index is 13.4. The van der Waals surface area contributed by atoms with Crippen LogP contribution in [0.15, 0.2) is 18.2 Å². The smallest absolute Gasteiger partial charge is 0.123 e. The van der Waals surface area contributed by atoms with Crippen molar-refractivity contribution in [3.8, 4) is 0 Å². The molecular weight excluding hydrogens is 275 g/mol. The third-order valence-corrected chi connectivity index (χ3v) is 4.91. The first kappa shape index (κ1) is 17.4. The molecule has 0 radical (unpaired) electrons. The summed E-state index contributed by atoms with van der Waals surface area (Å²) >= 11 is 6.21. The van der Waals surface area contributed by atoms with Gasteiger partial charge in [-0.05, 0) is 64.2 Å². The molecule has 4 heteroatoms. The molecule has 1 aromatic rings. The molecule has 0 fully saturated rings. The number of rotatable bonds is 7. The Balaban J connectivity index is 3.09. The minimum absolute atomic E-state index is 0.0321. The molecule has 1 unspecified atom stereocenters. The van der Waals surface area contributed by atoms with Gasteiger partial charge in [0.25, 0.3) is 0 Å². The normalized spacial score (nSPS) is 13.8. The Hall–Kier alpha value is -0.640. The van der Waals surface area contributed by atoms with Gasteiger partial charge >= 0.3 is 0 Å². The number of hydrogen-bond donors (Lipinski definition) is 1. The molecule has 0 aliphatic carbocycles. The zero-order valence-electron chi connectivity index (χ0n) is 13.1. The Morgan fingerprint density at radius 3 is 2.35 bits per heavy atom. The Labute approximate surface area is 127 Å². The number of hydrogen-bond acceptors (Lipinski definition) is 2. The van der Waals surface area contributed by atoms with Gasteiger partial charge in [-0.2, -0.15) is 0 Å². The van der Waals surface area contributed by atoms with Gasteiger partial charge < -0.3 is 10.2 Å². The monoisotopic (exact) mass is 300 g/mol. The summed E-state index contributed by atoms with van der Waals surface area (Å²) < 4.78 is 13.4. The highest BCUT2D eigenvalue weighted by Crippen LogP contribution is 2.29. The summed E-state index contributed by atoms with van der Waals surface area (Å²) in [5.41, 5.74) is 0.892. The van der Waals surface area contributed by atoms with Crippen LogP contribution in [0.25, 0.3) is 0 Å². The molecule has 0 bridgehead atoms. The first-order valence-electron chi connectivity index (χ1n) is 7.19. The van der Waals surface area contributed by atoms with Crippen LogP contribution in [0.5, 0.6) is 0 Å². The summed E-state index contributed by atoms with van der Waals surface area (Å²) in [5.74, 6) is -0.234. The summed E-state index contributed by atoms with van der Waals surface area (Å²) in [6, 6.07) is 4.79. The highest BCUT2D eigenvalue weighted by molar-refractivity contribution is 6.31. The van der Waals surface area contributed by atoms with E-state index in [9.17, 15) is 4.39 Å². The minimum atomic E-state index is -0.234. The molecule has 0 aliphatic rings. The number of nitrogens with one attached hydrogen (secondary N) is 1. The van der Waals surface area contributed by atoms with Crippen molar-refractivity contribution in [2.75, 3.05) is 21.1 Å². The van der Waals surface area contributed by atoms with E-state index in [0.717, 1.165) is 18.4 Å². The molecule has 0 heterocycles. The van der Waals surface area contributed by atoms with E-state index in [2.05, 4.69) is 38.2 Å². The van der Waals surface area contributed by atoms with E-state index >= 15 is 0 Å². The Morgan fingerprint density at radius 1 is 1.30 bits per heavy atom. The van der Waals surface area contributed by atoms with E-state index in [1.165, 1.54) is 6.07 Å². The number of likely N-dealkylation sites (N-methyl/N-ethyl adjacent to an activating group) is 2. The maximum atomic E-state index is 13.4. The van der Waals surface area contributed by atoms with Crippen molar-refractivity contribution in [1.82, 2.24) is 10.2 Å². The minimum Gasteiger partial charge on any atom is -0.315 e. The third-order valence-electron chi connectivity index (χ3n) is 4.54. The van der Waals surface area contributed by atoms with Crippen molar-refractivity contribution >= 4 is 11.6 Å². The molecule has 1 atom stereocenters. The second kappa shape index (κ2) is 7.39. The molecular formula is C16H26ClFN2. The maximum Gasteiger partial charge on any atom is 0.123 e. The standard InChI is InChI=1S/C16H26ClFN2/c1-6-16(7-2,20(4)5)15(19-3)11-12-10-13(18)8-9-14(12)17/h8-10,15,19H,6-7,11H2,1-5H3. The van der Waals surface area contributed by atoms with E-state index in [1.807, 2.05) is 7.05 Å². The fourth-order valence-electron chi connectivity index (χ4n) is 3.17. The summed E-state index contributed by atoms with van der Waals surface area (Å²) in [6.45, 7) is 4.39. The fourth-order valence-corrected chi connectivity index (χ4v) is 3.36. The first-order chi connectivity index (χ1) is 9.41. The van der Waals surface area contributed by atoms with Crippen molar-refractivity contribution in [2.45, 2.75) is 44.7 Å². The van der Waals surface area contributed by atoms with Gasteiger partial charge in [-0.3, -0.25) is 0 Å². The number of benzene rings is 1. The van der Waals surface area contributed by atoms with Crippen molar-refractivity contribution < 1.29 is 4.39 Å². The van der Waals surface area contributed by atoms with E-state index in [4.69, 9.17) is 11.6 Å². The summed E-state index contributed by atoms with van der Waals surface area (Å²) in [4.78, 5) is 2.27. The lowest BCUT2D eigenvalue weighted by atomic mass is 9.80. The summed E-state index contributed by atoms with van der Waals surface area (Å²) in [5, 5.41) is 4.03. The van der Waals surface area contributed by atoms with Gasteiger partial charge in [-0.1, -0.05) is 25.4 Å². The topological polar surface area (TPSA) is 15.3 Å². The van der Waals surface area contributed by atoms with Gasteiger partial charge in [-0.25, -0.2) is 4.39 Å². The molecule has 1 aromatic carbocycles. The molecule has 1 rings (SSSR count). The van der Waals surface area contributed by atoms with Gasteiger partial charge in [0.2, 0.25) is 0 Å². The van der Waals surface area contributed by atoms with Crippen molar-refractivity contribution in [2.24, 2.45) is 0 Å². The highest BCUT2D eigenvalue weighted by atomic mass is 35.5. The fraction of sp³-hybridized carbons (Fsp3) is 0.625. The zero-order chi connectivity index (χ0) is 15.3. The van der Waals surface area contributed by atoms with Gasteiger partial charge in [-0.15, -0.1) is 0 Å². The Kier molecular flexibility index (Phi) is 6.44. The molecule has 20 heavy (non-hydrogen) atoms. The second-order valence-corrected chi connectivity index (χ2v) is 5.89. The van der Waals surface area contributed by atoms with E-state index in [0.29, 0.717) is 11.4 Å². The lowest BCUT2D eigenvalue weighted by Crippen LogP contribution is -2.58. The summed E-state index contributed by atoms with van der Waals surface area (Å²) in [7, 11) is 6.16. The van der Waals surface area contributed by atoms with Crippen LogP contribution in [-0.4, -0.2) is 37.6 Å². The average molecular weight is 301 g/mol. The first-order valence-corrected chi connectivity index (χ1v) is 7.57. The van der Waals surface area contributed by atoms with Crippen LogP contribution < -0.4 is 5.32 Å². The predicted molar refractivity (Wildman–Crippen MR) is 85.0 cm³/mol. The van der Waals surface area contributed by atoms with Crippen LogP contribution in [0.1, 0.15) is 32.3 Å². The molecule has 0 spiro atoms. The van der Waals surface area contributed by atoms with Crippen LogP contribution in [0.4, 0.5) is 4.39 Å². The highest BCUT2D eigenvalue weighted by Gasteiger charge is 2.37. The summed E-state index contributed by atoms with van der Waals surface area (Å²) in [6.07, 6.45) is 2.76. The van der Waals surface area contributed by atoms with Crippen LogP contribution in [-0.2, 0) is 6.42 Å². The SMILES string of the molecule is CCC(CC)(C(Cc1cc(F)ccc1Cl)NC)N(C)C. The molecule has 0 saturated carbocycles. The second-order valence-electron chi connectivity index (χ2n) is 5.49. The molecule has 2 nitrogen and oxygen atoms in total. The van der Waals surface area contributed by atoms with E-state index < -0.39 is 0 Å². The molecule has 0 saturated heterocycles. The quantitative estimate of drug-likeness (QED) is 0.825. The van der Waals surface area contributed by atoms with Gasteiger partial charge in [0.15, 0.2) is 0 Å². The largest absolute Gasteiger partial charge is 0.315 e. The van der Waals surface area contributed by atoms with Crippen molar-refractivity contribution in [3.05, 3.63) is 34.6 Å². The lowest BCUT2D eigenvalue weighted by Gasteiger charge is -2.45. The number of halogens is 2. The van der Waals surface area contributed by atoms with Crippen molar-refractivity contribution in [1.29, 1.82) is 0 Å². The van der Waals surface area contributed by atoms with Crippen molar-refractivity contribution in [3.63, 3.8) is 0 Å². The predicted octanol–water partition coefficient (Wildman–Crippen LogP) is 3.73. The van der Waals surface area contributed by atoms with Crippen LogP contribution in [0.2, 0.25) is 5.02 Å².